The first-order chi connectivity index (χ1) is 7.43. The molecule has 0 bridgehead atoms. The normalized spacial score (nSPS) is 10.5. The summed E-state index contributed by atoms with van der Waals surface area (Å²) in [5, 5.41) is 3.44. The predicted molar refractivity (Wildman–Crippen MR) is 62.7 cm³/mol. The van der Waals surface area contributed by atoms with E-state index in [0.29, 0.717) is 0 Å². The Labute approximate surface area is 92.3 Å². The molecule has 1 aromatic rings. The largest absolute Gasteiger partial charge is 0.316 e. The number of unbranched alkanes of at least 4 members (excludes halogenated alkanes) is 3. The molecule has 3 nitrogen and oxygen atoms in total. The van der Waals surface area contributed by atoms with Gasteiger partial charge in [-0.05, 0) is 31.5 Å². The highest BCUT2D eigenvalue weighted by Gasteiger charge is 1.92. The third-order valence-corrected chi connectivity index (χ3v) is 2.41. The van der Waals surface area contributed by atoms with Crippen LogP contribution in [0.3, 0.4) is 0 Å². The van der Waals surface area contributed by atoms with E-state index in [9.17, 15) is 0 Å². The van der Waals surface area contributed by atoms with Crippen LogP contribution in [0.15, 0.2) is 18.7 Å². The van der Waals surface area contributed by atoms with Crippen molar-refractivity contribution in [2.45, 2.75) is 39.0 Å². The van der Waals surface area contributed by atoms with Gasteiger partial charge in [0.05, 0.1) is 0 Å². The lowest BCUT2D eigenvalue weighted by Gasteiger charge is -2.03. The van der Waals surface area contributed by atoms with E-state index < -0.39 is 0 Å². The average molecular weight is 207 g/mol. The van der Waals surface area contributed by atoms with E-state index in [-0.39, 0.29) is 0 Å². The number of rotatable bonds is 8. The maximum absolute atomic E-state index is 3.99. The molecule has 0 aliphatic heterocycles. The number of hydrogen-bond donors (Lipinski definition) is 1. The summed E-state index contributed by atoms with van der Waals surface area (Å²) in [6, 6.07) is 0. The molecule has 84 valence electrons. The molecule has 0 saturated carbocycles. The summed E-state index contributed by atoms with van der Waals surface area (Å²) in [4.78, 5) is 7.97. The quantitative estimate of drug-likeness (QED) is 0.664. The van der Waals surface area contributed by atoms with Crippen molar-refractivity contribution in [3.63, 3.8) is 0 Å². The van der Waals surface area contributed by atoms with E-state index >= 15 is 0 Å². The van der Waals surface area contributed by atoms with Crippen LogP contribution in [0.5, 0.6) is 0 Å². The van der Waals surface area contributed by atoms with Crippen molar-refractivity contribution in [3.8, 4) is 0 Å². The SMILES string of the molecule is CCCCCCNCCc1cncnc1. The molecular formula is C12H21N3. The summed E-state index contributed by atoms with van der Waals surface area (Å²) < 4.78 is 0. The van der Waals surface area contributed by atoms with Gasteiger partial charge in [0, 0.05) is 12.4 Å². The standard InChI is InChI=1S/C12H21N3/c1-2-3-4-5-7-13-8-6-12-9-14-11-15-10-12/h9-11,13H,2-8H2,1H3. The molecule has 0 saturated heterocycles. The first kappa shape index (κ1) is 12.1. The molecule has 0 atom stereocenters. The minimum atomic E-state index is 1.02. The zero-order chi connectivity index (χ0) is 10.8. The summed E-state index contributed by atoms with van der Waals surface area (Å²) >= 11 is 0. The lowest BCUT2D eigenvalue weighted by molar-refractivity contribution is 0.598. The van der Waals surface area contributed by atoms with Gasteiger partial charge in [-0.1, -0.05) is 26.2 Å². The molecular weight excluding hydrogens is 186 g/mol. The van der Waals surface area contributed by atoms with Crippen LogP contribution in [-0.4, -0.2) is 23.1 Å². The molecule has 1 heterocycles. The fourth-order valence-electron chi connectivity index (χ4n) is 1.49. The molecule has 0 aliphatic carbocycles. The van der Waals surface area contributed by atoms with Crippen molar-refractivity contribution in [2.24, 2.45) is 0 Å². The molecule has 0 aromatic carbocycles. The van der Waals surface area contributed by atoms with Gasteiger partial charge >= 0.3 is 0 Å². The Kier molecular flexibility index (Phi) is 6.75. The van der Waals surface area contributed by atoms with Crippen LogP contribution in [0.4, 0.5) is 0 Å². The van der Waals surface area contributed by atoms with Crippen LogP contribution in [0.2, 0.25) is 0 Å². The highest BCUT2D eigenvalue weighted by atomic mass is 14.8. The van der Waals surface area contributed by atoms with Gasteiger partial charge in [0.1, 0.15) is 6.33 Å². The minimum absolute atomic E-state index is 1.02. The molecule has 15 heavy (non-hydrogen) atoms. The van der Waals surface area contributed by atoms with Gasteiger partial charge in [0.2, 0.25) is 0 Å². The van der Waals surface area contributed by atoms with Gasteiger partial charge in [-0.25, -0.2) is 9.97 Å². The number of aromatic nitrogens is 2. The van der Waals surface area contributed by atoms with E-state index in [1.807, 2.05) is 12.4 Å². The third kappa shape index (κ3) is 6.18. The van der Waals surface area contributed by atoms with Crippen LogP contribution < -0.4 is 5.32 Å². The minimum Gasteiger partial charge on any atom is -0.316 e. The van der Waals surface area contributed by atoms with E-state index in [4.69, 9.17) is 0 Å². The Bertz CT molecular complexity index is 236. The molecule has 0 spiro atoms. The van der Waals surface area contributed by atoms with Gasteiger partial charge < -0.3 is 5.32 Å². The number of nitrogens with one attached hydrogen (secondary N) is 1. The Morgan fingerprint density at radius 3 is 2.60 bits per heavy atom. The zero-order valence-electron chi connectivity index (χ0n) is 9.58. The Morgan fingerprint density at radius 1 is 1.07 bits per heavy atom. The smallest absolute Gasteiger partial charge is 0.115 e. The second-order valence-corrected chi connectivity index (χ2v) is 3.81. The summed E-state index contributed by atoms with van der Waals surface area (Å²) in [6.07, 6.45) is 11.7. The first-order valence-corrected chi connectivity index (χ1v) is 5.88. The molecule has 0 radical (unpaired) electrons. The highest BCUT2D eigenvalue weighted by molar-refractivity contribution is 5.02. The first-order valence-electron chi connectivity index (χ1n) is 5.88. The summed E-state index contributed by atoms with van der Waals surface area (Å²) in [5.74, 6) is 0. The fourth-order valence-corrected chi connectivity index (χ4v) is 1.49. The van der Waals surface area contributed by atoms with Crippen LogP contribution in [0, 0.1) is 0 Å². The summed E-state index contributed by atoms with van der Waals surface area (Å²) in [5.41, 5.74) is 1.21. The monoisotopic (exact) mass is 207 g/mol. The van der Waals surface area contributed by atoms with Crippen molar-refractivity contribution in [1.82, 2.24) is 15.3 Å². The van der Waals surface area contributed by atoms with E-state index in [0.717, 1.165) is 19.5 Å². The van der Waals surface area contributed by atoms with E-state index in [1.54, 1.807) is 6.33 Å². The second-order valence-electron chi connectivity index (χ2n) is 3.81. The predicted octanol–water partition coefficient (Wildman–Crippen LogP) is 2.19. The lowest BCUT2D eigenvalue weighted by Crippen LogP contribution is -2.18. The molecule has 1 N–H and O–H groups in total. The van der Waals surface area contributed by atoms with Crippen molar-refractivity contribution in [3.05, 3.63) is 24.3 Å². The second kappa shape index (κ2) is 8.36. The van der Waals surface area contributed by atoms with Gasteiger partial charge in [-0.2, -0.15) is 0 Å². The Hall–Kier alpha value is -0.960. The van der Waals surface area contributed by atoms with Crippen LogP contribution in [0.25, 0.3) is 0 Å². The topological polar surface area (TPSA) is 37.8 Å². The average Bonchev–Trinajstić information content (AvgIpc) is 2.29. The van der Waals surface area contributed by atoms with Crippen LogP contribution >= 0.6 is 0 Å². The van der Waals surface area contributed by atoms with Crippen LogP contribution in [-0.2, 0) is 6.42 Å². The van der Waals surface area contributed by atoms with E-state index in [2.05, 4.69) is 22.2 Å². The zero-order valence-corrected chi connectivity index (χ0v) is 9.58. The maximum Gasteiger partial charge on any atom is 0.115 e. The molecule has 0 aliphatic rings. The maximum atomic E-state index is 3.99. The fraction of sp³-hybridized carbons (Fsp3) is 0.667. The van der Waals surface area contributed by atoms with Crippen molar-refractivity contribution in [2.75, 3.05) is 13.1 Å². The molecule has 1 aromatic heterocycles. The van der Waals surface area contributed by atoms with Crippen molar-refractivity contribution >= 4 is 0 Å². The molecule has 0 fully saturated rings. The molecule has 0 unspecified atom stereocenters. The molecule has 0 amide bonds. The number of hydrogen-bond acceptors (Lipinski definition) is 3. The van der Waals surface area contributed by atoms with Crippen molar-refractivity contribution in [1.29, 1.82) is 0 Å². The van der Waals surface area contributed by atoms with E-state index in [1.165, 1.54) is 31.2 Å². The Morgan fingerprint density at radius 2 is 1.87 bits per heavy atom. The Balaban J connectivity index is 1.93. The van der Waals surface area contributed by atoms with Gasteiger partial charge in [-0.3, -0.25) is 0 Å². The lowest BCUT2D eigenvalue weighted by atomic mass is 10.2. The molecule has 3 heteroatoms. The highest BCUT2D eigenvalue weighted by Crippen LogP contribution is 1.97. The number of nitrogens with zero attached hydrogens (tertiary/aromatic N) is 2. The summed E-state index contributed by atoms with van der Waals surface area (Å²) in [7, 11) is 0. The molecule has 1 rings (SSSR count). The van der Waals surface area contributed by atoms with Gasteiger partial charge in [-0.15, -0.1) is 0 Å². The third-order valence-electron chi connectivity index (χ3n) is 2.41. The van der Waals surface area contributed by atoms with Crippen LogP contribution in [0.1, 0.15) is 38.2 Å². The summed E-state index contributed by atoms with van der Waals surface area (Å²) in [6.45, 7) is 4.40. The van der Waals surface area contributed by atoms with Gasteiger partial charge in [0.25, 0.3) is 0 Å². The van der Waals surface area contributed by atoms with Gasteiger partial charge in [0.15, 0.2) is 0 Å². The van der Waals surface area contributed by atoms with Crippen molar-refractivity contribution < 1.29 is 0 Å².